The zero-order valence-electron chi connectivity index (χ0n) is 26.1. The first-order valence-electron chi connectivity index (χ1n) is 15.4. The van der Waals surface area contributed by atoms with E-state index in [1.165, 1.54) is 17.0 Å². The third kappa shape index (κ3) is 9.43. The monoisotopic (exact) mass is 705 g/mol. The average Bonchev–Trinajstić information content (AvgIpc) is 3.06. The minimum atomic E-state index is -4.19. The number of rotatable bonds is 16. The number of sulfonamides is 1. The van der Waals surface area contributed by atoms with Crippen molar-refractivity contribution in [2.24, 2.45) is 0 Å². The van der Waals surface area contributed by atoms with Crippen molar-refractivity contribution in [2.45, 2.75) is 50.6 Å². The number of amides is 2. The van der Waals surface area contributed by atoms with Crippen LogP contribution in [0.15, 0.2) is 119 Å². The van der Waals surface area contributed by atoms with Gasteiger partial charge < -0.3 is 15.0 Å². The van der Waals surface area contributed by atoms with E-state index >= 15 is 0 Å². The summed E-state index contributed by atoms with van der Waals surface area (Å²) in [7, 11) is -4.19. The van der Waals surface area contributed by atoms with Crippen LogP contribution in [0.1, 0.15) is 37.8 Å². The van der Waals surface area contributed by atoms with Crippen molar-refractivity contribution < 1.29 is 22.7 Å². The number of ether oxygens (including phenoxy) is 1. The Balaban J connectivity index is 1.76. The van der Waals surface area contributed by atoms with E-state index in [0.29, 0.717) is 24.6 Å². The number of nitrogens with zero attached hydrogens (tertiary/aromatic N) is 2. The lowest BCUT2D eigenvalue weighted by molar-refractivity contribution is -0.140. The lowest BCUT2D eigenvalue weighted by Gasteiger charge is -2.34. The maximum atomic E-state index is 14.5. The molecule has 1 N–H and O–H groups in total. The van der Waals surface area contributed by atoms with Gasteiger partial charge in [-0.15, -0.1) is 0 Å². The second-order valence-corrected chi connectivity index (χ2v) is 13.5. The fraction of sp³-hybridized carbons (Fsp3) is 0.278. The Labute approximate surface area is 280 Å². The van der Waals surface area contributed by atoms with Crippen molar-refractivity contribution in [3.05, 3.63) is 125 Å². The van der Waals surface area contributed by atoms with E-state index < -0.39 is 28.5 Å². The Bertz CT molecular complexity index is 1670. The quantitative estimate of drug-likeness (QED) is 0.133. The van der Waals surface area contributed by atoms with E-state index in [9.17, 15) is 18.0 Å². The van der Waals surface area contributed by atoms with E-state index in [-0.39, 0.29) is 23.8 Å². The fourth-order valence-corrected chi connectivity index (χ4v) is 6.88. The van der Waals surface area contributed by atoms with Crippen molar-refractivity contribution in [3.63, 3.8) is 0 Å². The van der Waals surface area contributed by atoms with Gasteiger partial charge in [-0.1, -0.05) is 89.9 Å². The summed E-state index contributed by atoms with van der Waals surface area (Å²) in [5, 5.41) is 3.01. The molecular formula is C36H40BrN3O5S. The molecule has 0 saturated carbocycles. The van der Waals surface area contributed by atoms with E-state index in [4.69, 9.17) is 4.74 Å². The molecule has 0 fully saturated rings. The van der Waals surface area contributed by atoms with Crippen LogP contribution < -0.4 is 14.4 Å². The van der Waals surface area contributed by atoms with Gasteiger partial charge in [0.15, 0.2) is 0 Å². The third-order valence-corrected chi connectivity index (χ3v) is 9.67. The largest absolute Gasteiger partial charge is 0.494 e. The van der Waals surface area contributed by atoms with Crippen molar-refractivity contribution in [1.29, 1.82) is 0 Å². The number of benzene rings is 4. The summed E-state index contributed by atoms with van der Waals surface area (Å²) < 4.78 is 35.8. The number of nitrogens with one attached hydrogen (secondary N) is 1. The van der Waals surface area contributed by atoms with Gasteiger partial charge in [-0.2, -0.15) is 0 Å². The molecule has 2 amide bonds. The van der Waals surface area contributed by atoms with Crippen LogP contribution in [0.3, 0.4) is 0 Å². The molecule has 46 heavy (non-hydrogen) atoms. The van der Waals surface area contributed by atoms with Gasteiger partial charge in [-0.25, -0.2) is 8.42 Å². The SMILES string of the molecule is CCCCNC(=O)C(Cc1ccccc1)N(Cc1cccc(Br)c1)C(=O)CN(c1ccccc1)S(=O)(=O)c1ccc(OCC)cc1. The smallest absolute Gasteiger partial charge is 0.264 e. The van der Waals surface area contributed by atoms with Crippen LogP contribution >= 0.6 is 15.9 Å². The van der Waals surface area contributed by atoms with E-state index in [2.05, 4.69) is 21.2 Å². The number of para-hydroxylation sites is 1. The second-order valence-electron chi connectivity index (χ2n) is 10.8. The summed E-state index contributed by atoms with van der Waals surface area (Å²) in [5.41, 5.74) is 2.01. The first-order chi connectivity index (χ1) is 22.2. The molecular weight excluding hydrogens is 666 g/mol. The molecule has 1 unspecified atom stereocenters. The molecule has 10 heteroatoms. The third-order valence-electron chi connectivity index (χ3n) is 7.39. The number of carbonyl (C=O) groups is 2. The highest BCUT2D eigenvalue weighted by Crippen LogP contribution is 2.26. The number of hydrogen-bond acceptors (Lipinski definition) is 5. The van der Waals surface area contributed by atoms with Gasteiger partial charge in [0.25, 0.3) is 10.0 Å². The van der Waals surface area contributed by atoms with Crippen LogP contribution in [0.4, 0.5) is 5.69 Å². The second kappa shape index (κ2) is 17.0. The Morgan fingerprint density at radius 1 is 0.848 bits per heavy atom. The van der Waals surface area contributed by atoms with Crippen LogP contribution in [-0.2, 0) is 32.6 Å². The standard InChI is InChI=1S/C36H40BrN3O5S/c1-3-5-23-38-36(42)34(25-28-13-8-6-9-14-28)39(26-29-15-12-16-30(37)24-29)35(41)27-40(31-17-10-7-11-18-31)46(43,44)33-21-19-32(20-22-33)45-4-2/h6-22,24,34H,3-5,23,25-27H2,1-2H3,(H,38,42). The minimum Gasteiger partial charge on any atom is -0.494 e. The normalized spacial score (nSPS) is 11.8. The predicted octanol–water partition coefficient (Wildman–Crippen LogP) is 6.60. The predicted molar refractivity (Wildman–Crippen MR) is 185 cm³/mol. The summed E-state index contributed by atoms with van der Waals surface area (Å²) in [5.74, 6) is -0.256. The summed E-state index contributed by atoms with van der Waals surface area (Å²) in [6, 6.07) is 30.8. The highest BCUT2D eigenvalue weighted by molar-refractivity contribution is 9.10. The van der Waals surface area contributed by atoms with Gasteiger partial charge in [0.1, 0.15) is 18.3 Å². The highest BCUT2D eigenvalue weighted by Gasteiger charge is 2.34. The minimum absolute atomic E-state index is 0.0179. The van der Waals surface area contributed by atoms with Gasteiger partial charge >= 0.3 is 0 Å². The number of halogens is 1. The summed E-state index contributed by atoms with van der Waals surface area (Å²) >= 11 is 3.51. The molecule has 0 bridgehead atoms. The Morgan fingerprint density at radius 3 is 2.13 bits per heavy atom. The molecule has 1 atom stereocenters. The average molecular weight is 707 g/mol. The Morgan fingerprint density at radius 2 is 1.50 bits per heavy atom. The van der Waals surface area contributed by atoms with Crippen molar-refractivity contribution in [2.75, 3.05) is 24.0 Å². The molecule has 0 aliphatic rings. The molecule has 0 heterocycles. The molecule has 4 aromatic carbocycles. The first kappa shape index (κ1) is 34.7. The fourth-order valence-electron chi connectivity index (χ4n) is 5.02. The molecule has 0 aliphatic heterocycles. The van der Waals surface area contributed by atoms with Crippen molar-refractivity contribution >= 4 is 43.5 Å². The van der Waals surface area contributed by atoms with Crippen LogP contribution in [0.5, 0.6) is 5.75 Å². The molecule has 0 spiro atoms. The maximum absolute atomic E-state index is 14.5. The molecule has 242 valence electrons. The van der Waals surface area contributed by atoms with Gasteiger partial charge in [-0.3, -0.25) is 13.9 Å². The van der Waals surface area contributed by atoms with Crippen LogP contribution in [0.25, 0.3) is 0 Å². The van der Waals surface area contributed by atoms with Crippen LogP contribution in [0.2, 0.25) is 0 Å². The summed E-state index contributed by atoms with van der Waals surface area (Å²) in [6.45, 7) is 4.40. The number of unbranched alkanes of at least 4 members (excludes halogenated alkanes) is 1. The van der Waals surface area contributed by atoms with E-state index in [0.717, 1.165) is 32.7 Å². The first-order valence-corrected chi connectivity index (χ1v) is 17.6. The number of hydrogen-bond donors (Lipinski definition) is 1. The zero-order valence-corrected chi connectivity index (χ0v) is 28.5. The molecule has 0 saturated heterocycles. The van der Waals surface area contributed by atoms with E-state index in [1.807, 2.05) is 68.4 Å². The lowest BCUT2D eigenvalue weighted by atomic mass is 10.0. The van der Waals surface area contributed by atoms with Crippen LogP contribution in [0, 0.1) is 0 Å². The highest BCUT2D eigenvalue weighted by atomic mass is 79.9. The van der Waals surface area contributed by atoms with Gasteiger partial charge in [0, 0.05) is 24.0 Å². The molecule has 4 aromatic rings. The molecule has 8 nitrogen and oxygen atoms in total. The summed E-state index contributed by atoms with van der Waals surface area (Å²) in [6.07, 6.45) is 1.96. The molecule has 0 aromatic heterocycles. The van der Waals surface area contributed by atoms with Gasteiger partial charge in [0.05, 0.1) is 17.2 Å². The maximum Gasteiger partial charge on any atom is 0.264 e. The summed E-state index contributed by atoms with van der Waals surface area (Å²) in [4.78, 5) is 29.9. The lowest BCUT2D eigenvalue weighted by Crippen LogP contribution is -2.53. The zero-order chi connectivity index (χ0) is 32.9. The molecule has 4 rings (SSSR count). The van der Waals surface area contributed by atoms with Crippen LogP contribution in [-0.4, -0.2) is 50.9 Å². The Hall–Kier alpha value is -4.15. The number of carbonyl (C=O) groups excluding carboxylic acids is 2. The topological polar surface area (TPSA) is 96.0 Å². The number of anilines is 1. The van der Waals surface area contributed by atoms with Gasteiger partial charge in [0.2, 0.25) is 11.8 Å². The Kier molecular flexibility index (Phi) is 12.8. The van der Waals surface area contributed by atoms with E-state index in [1.54, 1.807) is 42.5 Å². The van der Waals surface area contributed by atoms with Crippen molar-refractivity contribution in [1.82, 2.24) is 10.2 Å². The molecule has 0 radical (unpaired) electrons. The molecule has 0 aliphatic carbocycles. The van der Waals surface area contributed by atoms with Gasteiger partial charge in [-0.05, 0) is 73.0 Å². The van der Waals surface area contributed by atoms with Crippen molar-refractivity contribution in [3.8, 4) is 5.75 Å².